The molecule has 118 valence electrons. The predicted octanol–water partition coefficient (Wildman–Crippen LogP) is 4.18. The Kier molecular flexibility index (Phi) is 5.81. The van der Waals surface area contributed by atoms with E-state index in [0.29, 0.717) is 11.0 Å². The number of rotatable bonds is 4. The van der Waals surface area contributed by atoms with Crippen LogP contribution in [0.15, 0.2) is 22.7 Å². The predicted molar refractivity (Wildman–Crippen MR) is 80.1 cm³/mol. The van der Waals surface area contributed by atoms with Crippen molar-refractivity contribution in [1.29, 1.82) is 0 Å². The summed E-state index contributed by atoms with van der Waals surface area (Å²) in [5.41, 5.74) is -0.795. The smallest absolute Gasteiger partial charge is 0.325 e. The van der Waals surface area contributed by atoms with E-state index in [1.807, 2.05) is 20.8 Å². The van der Waals surface area contributed by atoms with E-state index in [9.17, 15) is 18.0 Å². The van der Waals surface area contributed by atoms with E-state index in [-0.39, 0.29) is 23.6 Å². The SMILES string of the molecule is CC(C)(C)NCCC(=O)Nc1cc(C(F)(F)F)ccc1Br. The van der Waals surface area contributed by atoms with Crippen LogP contribution in [-0.2, 0) is 11.0 Å². The second kappa shape index (κ2) is 6.79. The minimum atomic E-state index is -4.44. The van der Waals surface area contributed by atoms with Crippen molar-refractivity contribution in [2.24, 2.45) is 0 Å². The summed E-state index contributed by atoms with van der Waals surface area (Å²) in [4.78, 5) is 11.8. The van der Waals surface area contributed by atoms with Crippen LogP contribution in [0.5, 0.6) is 0 Å². The number of anilines is 1. The lowest BCUT2D eigenvalue weighted by Crippen LogP contribution is -2.37. The molecular formula is C14H18BrF3N2O. The molecule has 1 aromatic rings. The lowest BCUT2D eigenvalue weighted by molar-refractivity contribution is -0.137. The molecule has 0 aliphatic heterocycles. The first-order valence-electron chi connectivity index (χ1n) is 6.41. The first-order chi connectivity index (χ1) is 9.49. The number of hydrogen-bond acceptors (Lipinski definition) is 2. The molecule has 0 fully saturated rings. The molecule has 0 unspecified atom stereocenters. The van der Waals surface area contributed by atoms with E-state index < -0.39 is 11.7 Å². The number of amides is 1. The van der Waals surface area contributed by atoms with Crippen molar-refractivity contribution in [3.63, 3.8) is 0 Å². The van der Waals surface area contributed by atoms with Crippen LogP contribution in [0.2, 0.25) is 0 Å². The van der Waals surface area contributed by atoms with Gasteiger partial charge in [-0.15, -0.1) is 0 Å². The molecule has 0 aliphatic rings. The highest BCUT2D eigenvalue weighted by molar-refractivity contribution is 9.10. The monoisotopic (exact) mass is 366 g/mol. The van der Waals surface area contributed by atoms with E-state index in [2.05, 4.69) is 26.6 Å². The summed E-state index contributed by atoms with van der Waals surface area (Å²) in [6, 6.07) is 3.14. The molecule has 1 amide bonds. The summed E-state index contributed by atoms with van der Waals surface area (Å²) < 4.78 is 38.3. The van der Waals surface area contributed by atoms with E-state index in [1.54, 1.807) is 0 Å². The maximum absolute atomic E-state index is 12.6. The summed E-state index contributed by atoms with van der Waals surface area (Å²) in [5.74, 6) is -0.341. The van der Waals surface area contributed by atoms with Gasteiger partial charge in [-0.1, -0.05) is 0 Å². The Balaban J connectivity index is 2.68. The highest BCUT2D eigenvalue weighted by Gasteiger charge is 2.31. The summed E-state index contributed by atoms with van der Waals surface area (Å²) in [6.45, 7) is 6.35. The van der Waals surface area contributed by atoms with Crippen LogP contribution in [0.1, 0.15) is 32.8 Å². The van der Waals surface area contributed by atoms with Gasteiger partial charge in [0, 0.05) is 23.0 Å². The van der Waals surface area contributed by atoms with Gasteiger partial charge in [0.05, 0.1) is 11.3 Å². The van der Waals surface area contributed by atoms with Crippen LogP contribution in [0.4, 0.5) is 18.9 Å². The Bertz CT molecular complexity index is 510. The van der Waals surface area contributed by atoms with Gasteiger partial charge in [0.15, 0.2) is 0 Å². The molecule has 7 heteroatoms. The second-order valence-electron chi connectivity index (χ2n) is 5.67. The maximum atomic E-state index is 12.6. The topological polar surface area (TPSA) is 41.1 Å². The van der Waals surface area contributed by atoms with Crippen molar-refractivity contribution in [2.45, 2.75) is 38.9 Å². The first kappa shape index (κ1) is 18.0. The van der Waals surface area contributed by atoms with Crippen molar-refractivity contribution < 1.29 is 18.0 Å². The van der Waals surface area contributed by atoms with Crippen LogP contribution in [-0.4, -0.2) is 18.0 Å². The molecule has 1 aromatic carbocycles. The van der Waals surface area contributed by atoms with Gasteiger partial charge in [0.2, 0.25) is 5.91 Å². The number of nitrogens with one attached hydrogen (secondary N) is 2. The normalized spacial score (nSPS) is 12.3. The van der Waals surface area contributed by atoms with E-state index in [1.165, 1.54) is 6.07 Å². The van der Waals surface area contributed by atoms with Crippen LogP contribution >= 0.6 is 15.9 Å². The standard InChI is InChI=1S/C14H18BrF3N2O/c1-13(2,3)19-7-6-12(21)20-11-8-9(14(16,17)18)4-5-10(11)15/h4-5,8,19H,6-7H2,1-3H3,(H,20,21). The van der Waals surface area contributed by atoms with Crippen LogP contribution in [0, 0.1) is 0 Å². The van der Waals surface area contributed by atoms with Gasteiger partial charge in [0.1, 0.15) is 0 Å². The third-order valence-electron chi connectivity index (χ3n) is 2.58. The van der Waals surface area contributed by atoms with Crippen molar-refractivity contribution in [3.05, 3.63) is 28.2 Å². The zero-order valence-electron chi connectivity index (χ0n) is 12.1. The molecule has 0 radical (unpaired) electrons. The van der Waals surface area contributed by atoms with Crippen LogP contribution in [0.3, 0.4) is 0 Å². The number of halogens is 4. The summed E-state index contributed by atoms with van der Waals surface area (Å²) in [5, 5.41) is 5.62. The summed E-state index contributed by atoms with van der Waals surface area (Å²) >= 11 is 3.13. The molecule has 0 spiro atoms. The Hall–Kier alpha value is -1.08. The molecule has 0 saturated heterocycles. The van der Waals surface area contributed by atoms with Gasteiger partial charge in [0.25, 0.3) is 0 Å². The first-order valence-corrected chi connectivity index (χ1v) is 7.20. The lowest BCUT2D eigenvalue weighted by Gasteiger charge is -2.20. The summed E-state index contributed by atoms with van der Waals surface area (Å²) in [6.07, 6.45) is -4.26. The highest BCUT2D eigenvalue weighted by Crippen LogP contribution is 2.33. The molecule has 0 saturated carbocycles. The van der Waals surface area contributed by atoms with Gasteiger partial charge in [-0.2, -0.15) is 13.2 Å². The Morgan fingerprint density at radius 1 is 1.24 bits per heavy atom. The number of hydrogen-bond donors (Lipinski definition) is 2. The van der Waals surface area contributed by atoms with Gasteiger partial charge in [-0.25, -0.2) is 0 Å². The van der Waals surface area contributed by atoms with Gasteiger partial charge in [-0.05, 0) is 54.9 Å². The third-order valence-corrected chi connectivity index (χ3v) is 3.27. The molecule has 0 aromatic heterocycles. The van der Waals surface area contributed by atoms with E-state index in [4.69, 9.17) is 0 Å². The fourth-order valence-electron chi connectivity index (χ4n) is 1.56. The van der Waals surface area contributed by atoms with Crippen LogP contribution in [0.25, 0.3) is 0 Å². The number of carbonyl (C=O) groups excluding carboxylic acids is 1. The zero-order valence-corrected chi connectivity index (χ0v) is 13.7. The molecule has 0 atom stereocenters. The fraction of sp³-hybridized carbons (Fsp3) is 0.500. The Morgan fingerprint density at radius 2 is 1.86 bits per heavy atom. The molecule has 0 heterocycles. The molecule has 21 heavy (non-hydrogen) atoms. The third kappa shape index (κ3) is 6.48. The van der Waals surface area contributed by atoms with Gasteiger partial charge >= 0.3 is 6.18 Å². The fourth-order valence-corrected chi connectivity index (χ4v) is 1.91. The molecule has 3 nitrogen and oxygen atoms in total. The number of alkyl halides is 3. The van der Waals surface area contributed by atoms with Crippen molar-refractivity contribution in [3.8, 4) is 0 Å². The Morgan fingerprint density at radius 3 is 2.38 bits per heavy atom. The van der Waals surface area contributed by atoms with Crippen molar-refractivity contribution in [2.75, 3.05) is 11.9 Å². The number of carbonyl (C=O) groups is 1. The zero-order chi connectivity index (χ0) is 16.3. The van der Waals surface area contributed by atoms with Gasteiger partial charge in [-0.3, -0.25) is 4.79 Å². The molecule has 2 N–H and O–H groups in total. The van der Waals surface area contributed by atoms with Crippen molar-refractivity contribution in [1.82, 2.24) is 5.32 Å². The minimum Gasteiger partial charge on any atom is -0.325 e. The molecule has 0 bridgehead atoms. The largest absolute Gasteiger partial charge is 0.416 e. The lowest BCUT2D eigenvalue weighted by atomic mass is 10.1. The van der Waals surface area contributed by atoms with E-state index in [0.717, 1.165) is 12.1 Å². The number of benzene rings is 1. The summed E-state index contributed by atoms with van der Waals surface area (Å²) in [7, 11) is 0. The minimum absolute atomic E-state index is 0.114. The van der Waals surface area contributed by atoms with Crippen LogP contribution < -0.4 is 10.6 Å². The second-order valence-corrected chi connectivity index (χ2v) is 6.52. The van der Waals surface area contributed by atoms with Crippen molar-refractivity contribution >= 4 is 27.5 Å². The Labute approximate surface area is 130 Å². The maximum Gasteiger partial charge on any atom is 0.416 e. The molecule has 1 rings (SSSR count). The average Bonchev–Trinajstić information content (AvgIpc) is 2.28. The van der Waals surface area contributed by atoms with E-state index >= 15 is 0 Å². The quantitative estimate of drug-likeness (QED) is 0.838. The molecular weight excluding hydrogens is 349 g/mol. The average molecular weight is 367 g/mol. The highest BCUT2D eigenvalue weighted by atomic mass is 79.9. The van der Waals surface area contributed by atoms with Gasteiger partial charge < -0.3 is 10.6 Å². The molecule has 0 aliphatic carbocycles.